The molecule has 1 N–H and O–H groups in total. The molecule has 10 heteroatoms. The number of rotatable bonds is 9. The number of carbonyl (C=O) groups excluding carboxylic acids is 2. The fraction of sp³-hybridized carbons (Fsp3) is 0.300. The van der Waals surface area contributed by atoms with Crippen LogP contribution < -0.4 is 19.5 Å². The van der Waals surface area contributed by atoms with Crippen LogP contribution in [0.15, 0.2) is 30.3 Å². The van der Waals surface area contributed by atoms with E-state index >= 15 is 0 Å². The van der Waals surface area contributed by atoms with Gasteiger partial charge in [-0.2, -0.15) is 8.75 Å². The van der Waals surface area contributed by atoms with Gasteiger partial charge in [0.25, 0.3) is 5.91 Å². The van der Waals surface area contributed by atoms with E-state index in [0.29, 0.717) is 40.4 Å². The minimum Gasteiger partial charge on any atom is -0.493 e. The fourth-order valence-electron chi connectivity index (χ4n) is 2.84. The maximum Gasteiger partial charge on any atom is 0.306 e. The molecular weight excluding hydrogens is 410 g/mol. The molecule has 0 aliphatic heterocycles. The van der Waals surface area contributed by atoms with Crippen LogP contribution in [0.4, 0.5) is 5.69 Å². The molecule has 158 valence electrons. The first-order chi connectivity index (χ1) is 14.5. The Morgan fingerprint density at radius 3 is 2.43 bits per heavy atom. The van der Waals surface area contributed by atoms with Crippen LogP contribution in [0, 0.1) is 0 Å². The first kappa shape index (κ1) is 21.3. The van der Waals surface area contributed by atoms with E-state index in [4.69, 9.17) is 18.9 Å². The maximum atomic E-state index is 12.1. The summed E-state index contributed by atoms with van der Waals surface area (Å²) in [6, 6.07) is 8.82. The zero-order valence-corrected chi connectivity index (χ0v) is 17.6. The molecule has 0 spiro atoms. The lowest BCUT2D eigenvalue weighted by Crippen LogP contribution is -2.21. The van der Waals surface area contributed by atoms with Crippen molar-refractivity contribution in [2.75, 3.05) is 33.3 Å². The van der Waals surface area contributed by atoms with Gasteiger partial charge in [-0.05, 0) is 36.2 Å². The summed E-state index contributed by atoms with van der Waals surface area (Å²) < 4.78 is 29.2. The summed E-state index contributed by atoms with van der Waals surface area (Å²) in [7, 11) is 4.57. The van der Waals surface area contributed by atoms with Gasteiger partial charge in [-0.15, -0.1) is 0 Å². The van der Waals surface area contributed by atoms with Crippen LogP contribution in [-0.2, 0) is 20.7 Å². The van der Waals surface area contributed by atoms with E-state index in [1.54, 1.807) is 30.3 Å². The van der Waals surface area contributed by atoms with Crippen LogP contribution in [0.2, 0.25) is 0 Å². The van der Waals surface area contributed by atoms with Crippen molar-refractivity contribution in [2.24, 2.45) is 0 Å². The molecule has 3 rings (SSSR count). The molecule has 0 bridgehead atoms. The number of hydrogen-bond acceptors (Lipinski definition) is 9. The van der Waals surface area contributed by atoms with Gasteiger partial charge in [-0.25, -0.2) is 0 Å². The van der Waals surface area contributed by atoms with Crippen molar-refractivity contribution in [3.05, 3.63) is 35.9 Å². The Kier molecular flexibility index (Phi) is 7.02. The van der Waals surface area contributed by atoms with Gasteiger partial charge in [-0.1, -0.05) is 6.07 Å². The smallest absolute Gasteiger partial charge is 0.306 e. The summed E-state index contributed by atoms with van der Waals surface area (Å²) >= 11 is 1.06. The van der Waals surface area contributed by atoms with Crippen molar-refractivity contribution < 1.29 is 28.5 Å². The largest absolute Gasteiger partial charge is 0.493 e. The average molecular weight is 431 g/mol. The van der Waals surface area contributed by atoms with Gasteiger partial charge in [0, 0.05) is 6.42 Å². The first-order valence-electron chi connectivity index (χ1n) is 9.01. The van der Waals surface area contributed by atoms with E-state index in [9.17, 15) is 9.59 Å². The minimum atomic E-state index is -0.493. The molecule has 0 radical (unpaired) electrons. The lowest BCUT2D eigenvalue weighted by Gasteiger charge is -2.14. The van der Waals surface area contributed by atoms with Crippen molar-refractivity contribution in [1.82, 2.24) is 8.75 Å². The molecular formula is C20H21N3O6S. The Morgan fingerprint density at radius 1 is 1.03 bits per heavy atom. The van der Waals surface area contributed by atoms with E-state index in [2.05, 4.69) is 14.1 Å². The third-order valence-corrected chi connectivity index (χ3v) is 4.81. The Labute approximate surface area is 177 Å². The molecule has 1 amide bonds. The molecule has 9 nitrogen and oxygen atoms in total. The SMILES string of the molecule is COc1cc(CCC(=O)OCC(=O)Nc2cccc3nsnc23)cc(OC)c1OC. The molecule has 3 aromatic rings. The number of amides is 1. The predicted molar refractivity (Wildman–Crippen MR) is 111 cm³/mol. The highest BCUT2D eigenvalue weighted by atomic mass is 32.1. The van der Waals surface area contributed by atoms with E-state index in [-0.39, 0.29) is 13.0 Å². The molecule has 0 saturated heterocycles. The summed E-state index contributed by atoms with van der Waals surface area (Å²) in [5.74, 6) is 0.549. The summed E-state index contributed by atoms with van der Waals surface area (Å²) in [6.07, 6.45) is 0.485. The Bertz CT molecular complexity index is 1030. The standard InChI is InChI=1S/C20H21N3O6S/c1-26-15-9-12(10-16(27-2)20(15)28-3)7-8-18(25)29-11-17(24)21-13-5-4-6-14-19(13)23-30-22-14/h4-6,9-10H,7-8,11H2,1-3H3,(H,21,24). The second-order valence-corrected chi connectivity index (χ2v) is 6.71. The number of hydrogen-bond donors (Lipinski definition) is 1. The van der Waals surface area contributed by atoms with Crippen molar-refractivity contribution in [2.45, 2.75) is 12.8 Å². The van der Waals surface area contributed by atoms with Crippen molar-refractivity contribution in [1.29, 1.82) is 0 Å². The van der Waals surface area contributed by atoms with E-state index in [1.807, 2.05) is 0 Å². The normalized spacial score (nSPS) is 10.5. The predicted octanol–water partition coefficient (Wildman–Crippen LogP) is 2.83. The van der Waals surface area contributed by atoms with Gasteiger partial charge in [0.05, 0.1) is 38.7 Å². The Hall–Kier alpha value is -3.40. The number of methoxy groups -OCH3 is 3. The quantitative estimate of drug-likeness (QED) is 0.515. The number of anilines is 1. The zero-order chi connectivity index (χ0) is 21.5. The average Bonchev–Trinajstić information content (AvgIpc) is 3.25. The highest BCUT2D eigenvalue weighted by Crippen LogP contribution is 2.38. The molecule has 1 heterocycles. The van der Waals surface area contributed by atoms with Gasteiger partial charge in [0.1, 0.15) is 11.0 Å². The lowest BCUT2D eigenvalue weighted by atomic mass is 10.1. The van der Waals surface area contributed by atoms with Crippen LogP contribution in [0.25, 0.3) is 11.0 Å². The number of esters is 1. The van der Waals surface area contributed by atoms with Crippen molar-refractivity contribution in [3.8, 4) is 17.2 Å². The van der Waals surface area contributed by atoms with Crippen LogP contribution in [0.1, 0.15) is 12.0 Å². The van der Waals surface area contributed by atoms with Crippen molar-refractivity contribution >= 4 is 40.3 Å². The number of aromatic nitrogens is 2. The second kappa shape index (κ2) is 9.88. The van der Waals surface area contributed by atoms with Crippen LogP contribution >= 0.6 is 11.7 Å². The molecule has 0 unspecified atom stereocenters. The molecule has 0 fully saturated rings. The molecule has 2 aromatic carbocycles. The number of benzene rings is 2. The maximum absolute atomic E-state index is 12.1. The molecule has 1 aromatic heterocycles. The summed E-state index contributed by atoms with van der Waals surface area (Å²) in [5, 5.41) is 2.68. The summed E-state index contributed by atoms with van der Waals surface area (Å²) in [4.78, 5) is 24.2. The van der Waals surface area contributed by atoms with E-state index in [1.165, 1.54) is 21.3 Å². The van der Waals surface area contributed by atoms with Crippen molar-refractivity contribution in [3.63, 3.8) is 0 Å². The third kappa shape index (κ3) is 4.95. The molecule has 30 heavy (non-hydrogen) atoms. The summed E-state index contributed by atoms with van der Waals surface area (Å²) in [6.45, 7) is -0.387. The molecule has 0 saturated carbocycles. The van der Waals surface area contributed by atoms with Crippen LogP contribution in [-0.4, -0.2) is 48.6 Å². The number of nitrogens with zero attached hydrogens (tertiary/aromatic N) is 2. The number of nitrogens with one attached hydrogen (secondary N) is 1. The number of fused-ring (bicyclic) bond motifs is 1. The van der Waals surface area contributed by atoms with Gasteiger partial charge < -0.3 is 24.3 Å². The monoisotopic (exact) mass is 431 g/mol. The molecule has 0 atom stereocenters. The molecule has 0 aliphatic carbocycles. The van der Waals surface area contributed by atoms with Gasteiger partial charge in [0.15, 0.2) is 18.1 Å². The van der Waals surface area contributed by atoms with Gasteiger partial charge >= 0.3 is 5.97 Å². The third-order valence-electron chi connectivity index (χ3n) is 4.27. The zero-order valence-electron chi connectivity index (χ0n) is 16.8. The van der Waals surface area contributed by atoms with Gasteiger partial charge in [0.2, 0.25) is 5.75 Å². The van der Waals surface area contributed by atoms with Crippen LogP contribution in [0.5, 0.6) is 17.2 Å². The fourth-order valence-corrected chi connectivity index (χ4v) is 3.39. The number of aryl methyl sites for hydroxylation is 1. The molecule has 0 aliphatic rings. The highest BCUT2D eigenvalue weighted by Gasteiger charge is 2.15. The first-order valence-corrected chi connectivity index (χ1v) is 9.74. The van der Waals surface area contributed by atoms with Crippen LogP contribution in [0.3, 0.4) is 0 Å². The minimum absolute atomic E-state index is 0.0947. The second-order valence-electron chi connectivity index (χ2n) is 6.18. The Balaban J connectivity index is 1.52. The van der Waals surface area contributed by atoms with E-state index < -0.39 is 11.9 Å². The topological polar surface area (TPSA) is 109 Å². The number of carbonyl (C=O) groups is 2. The summed E-state index contributed by atoms with van der Waals surface area (Å²) in [5.41, 5.74) is 2.64. The van der Waals surface area contributed by atoms with E-state index in [0.717, 1.165) is 17.3 Å². The Morgan fingerprint density at radius 2 is 1.77 bits per heavy atom. The highest BCUT2D eigenvalue weighted by molar-refractivity contribution is 7.00. The van der Waals surface area contributed by atoms with Gasteiger partial charge in [-0.3, -0.25) is 9.59 Å². The lowest BCUT2D eigenvalue weighted by molar-refractivity contribution is -0.147. The number of ether oxygens (including phenoxy) is 4.